The van der Waals surface area contributed by atoms with Crippen LogP contribution in [0, 0.1) is 5.92 Å². The minimum Gasteiger partial charge on any atom is -0.385 e. The summed E-state index contributed by atoms with van der Waals surface area (Å²) in [5.41, 5.74) is 2.46. The zero-order valence-corrected chi connectivity index (χ0v) is 12.1. The van der Waals surface area contributed by atoms with Crippen LogP contribution >= 0.6 is 0 Å². The lowest BCUT2D eigenvalue weighted by Gasteiger charge is -2.16. The Balaban J connectivity index is 1.61. The molecular weight excluding hydrogens is 244 g/mol. The number of benzene rings is 1. The Bertz CT molecular complexity index is 508. The van der Waals surface area contributed by atoms with Crippen LogP contribution in [-0.2, 0) is 0 Å². The van der Waals surface area contributed by atoms with Gasteiger partial charge in [-0.05, 0) is 49.1 Å². The van der Waals surface area contributed by atoms with E-state index in [2.05, 4.69) is 58.7 Å². The van der Waals surface area contributed by atoms with Gasteiger partial charge in [0.2, 0.25) is 0 Å². The van der Waals surface area contributed by atoms with Gasteiger partial charge in [0.15, 0.2) is 0 Å². The molecule has 1 heterocycles. The number of aromatic nitrogens is 1. The number of rotatable bonds is 4. The summed E-state index contributed by atoms with van der Waals surface area (Å²) < 4.78 is 2.15. The zero-order valence-electron chi connectivity index (χ0n) is 12.1. The van der Waals surface area contributed by atoms with Gasteiger partial charge in [0.05, 0.1) is 0 Å². The average molecular weight is 268 g/mol. The second-order valence-electron chi connectivity index (χ2n) is 5.88. The Morgan fingerprint density at radius 2 is 1.70 bits per heavy atom. The van der Waals surface area contributed by atoms with Gasteiger partial charge in [0.1, 0.15) is 0 Å². The third kappa shape index (κ3) is 3.44. The van der Waals surface area contributed by atoms with Crippen molar-refractivity contribution < 1.29 is 0 Å². The molecule has 2 nitrogen and oxygen atoms in total. The molecule has 20 heavy (non-hydrogen) atoms. The van der Waals surface area contributed by atoms with Crippen LogP contribution < -0.4 is 5.32 Å². The predicted octanol–water partition coefficient (Wildman–Crippen LogP) is 4.86. The van der Waals surface area contributed by atoms with Crippen LogP contribution in [-0.4, -0.2) is 11.1 Å². The first-order valence-corrected chi connectivity index (χ1v) is 7.89. The van der Waals surface area contributed by atoms with E-state index in [9.17, 15) is 0 Å². The molecule has 1 aliphatic rings. The van der Waals surface area contributed by atoms with Gasteiger partial charge in [-0.1, -0.05) is 31.7 Å². The molecule has 2 aromatic rings. The monoisotopic (exact) mass is 268 g/mol. The van der Waals surface area contributed by atoms with E-state index in [4.69, 9.17) is 0 Å². The van der Waals surface area contributed by atoms with E-state index >= 15 is 0 Å². The zero-order chi connectivity index (χ0) is 13.6. The third-order valence-corrected chi connectivity index (χ3v) is 4.32. The van der Waals surface area contributed by atoms with Crippen molar-refractivity contribution in [2.75, 3.05) is 11.9 Å². The van der Waals surface area contributed by atoms with Crippen molar-refractivity contribution in [2.24, 2.45) is 5.92 Å². The highest BCUT2D eigenvalue weighted by atomic mass is 14.9. The second kappa shape index (κ2) is 6.65. The molecule has 1 aromatic heterocycles. The number of nitrogens with one attached hydrogen (secondary N) is 1. The van der Waals surface area contributed by atoms with Gasteiger partial charge in [0, 0.05) is 30.3 Å². The van der Waals surface area contributed by atoms with Gasteiger partial charge in [-0.25, -0.2) is 0 Å². The minimum atomic E-state index is 0.854. The molecule has 0 unspecified atom stereocenters. The van der Waals surface area contributed by atoms with Crippen LogP contribution in [0.5, 0.6) is 0 Å². The highest BCUT2D eigenvalue weighted by Crippen LogP contribution is 2.23. The summed E-state index contributed by atoms with van der Waals surface area (Å²) in [5.74, 6) is 0.854. The molecule has 0 bridgehead atoms. The molecule has 0 radical (unpaired) electrons. The first-order valence-electron chi connectivity index (χ1n) is 7.89. The van der Waals surface area contributed by atoms with E-state index in [-0.39, 0.29) is 0 Å². The number of hydrogen-bond acceptors (Lipinski definition) is 1. The molecule has 1 N–H and O–H groups in total. The van der Waals surface area contributed by atoms with E-state index in [1.807, 2.05) is 0 Å². The molecular formula is C18H24N2. The smallest absolute Gasteiger partial charge is 0.0469 e. The van der Waals surface area contributed by atoms with Gasteiger partial charge in [0.25, 0.3) is 0 Å². The van der Waals surface area contributed by atoms with Gasteiger partial charge in [-0.3, -0.25) is 0 Å². The van der Waals surface area contributed by atoms with Crippen molar-refractivity contribution in [3.63, 3.8) is 0 Å². The van der Waals surface area contributed by atoms with Gasteiger partial charge < -0.3 is 9.88 Å². The average Bonchev–Trinajstić information content (AvgIpc) is 2.90. The fourth-order valence-electron chi connectivity index (χ4n) is 3.11. The molecule has 0 amide bonds. The Morgan fingerprint density at radius 3 is 2.45 bits per heavy atom. The first-order chi connectivity index (χ1) is 9.92. The molecule has 1 aromatic carbocycles. The van der Waals surface area contributed by atoms with Crippen LogP contribution in [0.3, 0.4) is 0 Å². The van der Waals surface area contributed by atoms with E-state index in [0.29, 0.717) is 0 Å². The van der Waals surface area contributed by atoms with Gasteiger partial charge >= 0.3 is 0 Å². The molecule has 0 atom stereocenters. The van der Waals surface area contributed by atoms with Crippen LogP contribution in [0.15, 0.2) is 48.8 Å². The molecule has 2 heteroatoms. The second-order valence-corrected chi connectivity index (χ2v) is 5.88. The SMILES string of the molecule is c1cc(NCC2CCCCCC2)cc(-n2cccc2)c1. The number of hydrogen-bond donors (Lipinski definition) is 1. The van der Waals surface area contributed by atoms with Crippen molar-refractivity contribution in [1.82, 2.24) is 4.57 Å². The maximum Gasteiger partial charge on any atom is 0.0469 e. The standard InChI is InChI=1S/C18H24N2/c1-2-4-9-16(8-3-1)15-19-17-10-7-11-18(14-17)20-12-5-6-13-20/h5-7,10-14,16,19H,1-4,8-9,15H2. The van der Waals surface area contributed by atoms with Crippen molar-refractivity contribution in [3.05, 3.63) is 48.8 Å². The lowest BCUT2D eigenvalue weighted by molar-refractivity contribution is 0.483. The summed E-state index contributed by atoms with van der Waals surface area (Å²) in [5, 5.41) is 3.63. The quantitative estimate of drug-likeness (QED) is 0.784. The molecule has 1 aliphatic carbocycles. The molecule has 0 saturated heterocycles. The summed E-state index contributed by atoms with van der Waals surface area (Å²) in [6, 6.07) is 12.8. The van der Waals surface area contributed by atoms with E-state index in [0.717, 1.165) is 12.5 Å². The normalized spacial score (nSPS) is 16.8. The van der Waals surface area contributed by atoms with E-state index < -0.39 is 0 Å². The van der Waals surface area contributed by atoms with Crippen molar-refractivity contribution in [3.8, 4) is 5.69 Å². The number of anilines is 1. The summed E-state index contributed by atoms with van der Waals surface area (Å²) in [7, 11) is 0. The van der Waals surface area contributed by atoms with Crippen LogP contribution in [0.1, 0.15) is 38.5 Å². The Kier molecular flexibility index (Phi) is 4.42. The summed E-state index contributed by atoms with van der Waals surface area (Å²) in [6.07, 6.45) is 12.6. The van der Waals surface area contributed by atoms with Crippen LogP contribution in [0.4, 0.5) is 5.69 Å². The topological polar surface area (TPSA) is 17.0 Å². The maximum absolute atomic E-state index is 3.63. The van der Waals surface area contributed by atoms with E-state index in [1.165, 1.54) is 49.9 Å². The molecule has 106 valence electrons. The van der Waals surface area contributed by atoms with E-state index in [1.54, 1.807) is 0 Å². The summed E-state index contributed by atoms with van der Waals surface area (Å²) in [4.78, 5) is 0. The van der Waals surface area contributed by atoms with Crippen LogP contribution in [0.2, 0.25) is 0 Å². The fourth-order valence-corrected chi connectivity index (χ4v) is 3.11. The van der Waals surface area contributed by atoms with Crippen molar-refractivity contribution >= 4 is 5.69 Å². The fraction of sp³-hybridized carbons (Fsp3) is 0.444. The number of nitrogens with zero attached hydrogens (tertiary/aromatic N) is 1. The summed E-state index contributed by atoms with van der Waals surface area (Å²) >= 11 is 0. The van der Waals surface area contributed by atoms with Gasteiger partial charge in [-0.2, -0.15) is 0 Å². The molecule has 1 fully saturated rings. The lowest BCUT2D eigenvalue weighted by Crippen LogP contribution is -2.13. The minimum absolute atomic E-state index is 0.854. The maximum atomic E-state index is 3.63. The molecule has 3 rings (SSSR count). The third-order valence-electron chi connectivity index (χ3n) is 4.32. The van der Waals surface area contributed by atoms with Crippen molar-refractivity contribution in [1.29, 1.82) is 0 Å². The Morgan fingerprint density at radius 1 is 0.950 bits per heavy atom. The predicted molar refractivity (Wildman–Crippen MR) is 85.5 cm³/mol. The van der Waals surface area contributed by atoms with Gasteiger partial charge in [-0.15, -0.1) is 0 Å². The highest BCUT2D eigenvalue weighted by molar-refractivity contribution is 5.51. The highest BCUT2D eigenvalue weighted by Gasteiger charge is 2.11. The first kappa shape index (κ1) is 13.3. The molecule has 0 aliphatic heterocycles. The van der Waals surface area contributed by atoms with Crippen molar-refractivity contribution in [2.45, 2.75) is 38.5 Å². The Labute approximate surface area is 121 Å². The summed E-state index contributed by atoms with van der Waals surface area (Å²) in [6.45, 7) is 1.12. The molecule has 1 saturated carbocycles. The Hall–Kier alpha value is -1.70. The largest absolute Gasteiger partial charge is 0.385 e. The van der Waals surface area contributed by atoms with Crippen LogP contribution in [0.25, 0.3) is 5.69 Å². The molecule has 0 spiro atoms. The lowest BCUT2D eigenvalue weighted by atomic mass is 10.0.